The maximum absolute atomic E-state index is 5.91. The van der Waals surface area contributed by atoms with Crippen LogP contribution in [0.2, 0.25) is 0 Å². The van der Waals surface area contributed by atoms with Crippen molar-refractivity contribution < 1.29 is 4.74 Å². The summed E-state index contributed by atoms with van der Waals surface area (Å²) >= 11 is 3.49. The Labute approximate surface area is 117 Å². The highest BCUT2D eigenvalue weighted by Gasteiger charge is 2.19. The fourth-order valence-corrected chi connectivity index (χ4v) is 2.89. The number of hydrogen-bond donors (Lipinski definition) is 1. The highest BCUT2D eigenvalue weighted by molar-refractivity contribution is 9.10. The minimum Gasteiger partial charge on any atom is -0.492 e. The van der Waals surface area contributed by atoms with Crippen molar-refractivity contribution in [3.05, 3.63) is 28.2 Å². The predicted molar refractivity (Wildman–Crippen MR) is 77.8 cm³/mol. The summed E-state index contributed by atoms with van der Waals surface area (Å²) in [5, 5.41) is 0. The van der Waals surface area contributed by atoms with Crippen LogP contribution in [0.15, 0.2) is 22.7 Å². The number of piperidine rings is 1. The van der Waals surface area contributed by atoms with Gasteiger partial charge in [0, 0.05) is 17.1 Å². The smallest absolute Gasteiger partial charge is 0.120 e. The molecule has 0 bridgehead atoms. The molecule has 0 saturated carbocycles. The van der Waals surface area contributed by atoms with Crippen molar-refractivity contribution >= 4 is 15.9 Å². The van der Waals surface area contributed by atoms with E-state index in [0.717, 1.165) is 22.4 Å². The molecule has 4 heteroatoms. The average Bonchev–Trinajstić information content (AvgIpc) is 2.37. The van der Waals surface area contributed by atoms with Crippen molar-refractivity contribution in [1.82, 2.24) is 4.90 Å². The molecular weight excluding hydrogens is 292 g/mol. The number of nitrogens with zero attached hydrogens (tertiary/aromatic N) is 1. The van der Waals surface area contributed by atoms with Crippen molar-refractivity contribution in [2.45, 2.75) is 31.8 Å². The van der Waals surface area contributed by atoms with Crippen LogP contribution in [0.25, 0.3) is 0 Å². The second-order valence-electron chi connectivity index (χ2n) is 4.94. The summed E-state index contributed by atoms with van der Waals surface area (Å²) in [6, 6.07) is 6.59. The topological polar surface area (TPSA) is 38.5 Å². The molecule has 1 aromatic rings. The van der Waals surface area contributed by atoms with Crippen molar-refractivity contribution in [3.63, 3.8) is 0 Å². The lowest BCUT2D eigenvalue weighted by Gasteiger charge is -2.32. The molecule has 1 fully saturated rings. The molecule has 1 aliphatic heterocycles. The van der Waals surface area contributed by atoms with E-state index in [1.807, 2.05) is 18.2 Å². The minimum atomic E-state index is 0.541. The Kier molecular flexibility index (Phi) is 5.03. The summed E-state index contributed by atoms with van der Waals surface area (Å²) in [5.74, 6) is 0.906. The lowest BCUT2D eigenvalue weighted by Crippen LogP contribution is -2.40. The van der Waals surface area contributed by atoms with Gasteiger partial charge >= 0.3 is 0 Å². The van der Waals surface area contributed by atoms with E-state index in [9.17, 15) is 0 Å². The van der Waals surface area contributed by atoms with Gasteiger partial charge in [-0.15, -0.1) is 0 Å². The summed E-state index contributed by atoms with van der Waals surface area (Å²) < 4.78 is 6.94. The summed E-state index contributed by atoms with van der Waals surface area (Å²) in [5.41, 5.74) is 6.76. The lowest BCUT2D eigenvalue weighted by molar-refractivity contribution is 0.125. The summed E-state index contributed by atoms with van der Waals surface area (Å²) in [7, 11) is 2.18. The molecule has 0 radical (unpaired) electrons. The highest BCUT2D eigenvalue weighted by atomic mass is 79.9. The van der Waals surface area contributed by atoms with E-state index in [0.29, 0.717) is 12.6 Å². The lowest BCUT2D eigenvalue weighted by atomic mass is 10.0. The monoisotopic (exact) mass is 312 g/mol. The summed E-state index contributed by atoms with van der Waals surface area (Å²) in [4.78, 5) is 2.39. The van der Waals surface area contributed by atoms with Crippen molar-refractivity contribution in [2.24, 2.45) is 5.73 Å². The van der Waals surface area contributed by atoms with E-state index in [-0.39, 0.29) is 0 Å². The van der Waals surface area contributed by atoms with Gasteiger partial charge in [0.1, 0.15) is 12.4 Å². The Bertz CT molecular complexity index is 397. The van der Waals surface area contributed by atoms with Gasteiger partial charge in [-0.2, -0.15) is 0 Å². The van der Waals surface area contributed by atoms with E-state index in [1.54, 1.807) is 0 Å². The number of likely N-dealkylation sites (tertiary alicyclic amines) is 1. The number of hydrogen-bond acceptors (Lipinski definition) is 3. The maximum atomic E-state index is 5.91. The van der Waals surface area contributed by atoms with Crippen LogP contribution in [0.4, 0.5) is 0 Å². The molecule has 1 saturated heterocycles. The predicted octanol–water partition coefficient (Wildman–Crippen LogP) is 2.77. The molecule has 2 rings (SSSR count). The molecule has 1 heterocycles. The van der Waals surface area contributed by atoms with Crippen molar-refractivity contribution in [2.75, 3.05) is 20.2 Å². The van der Waals surface area contributed by atoms with Crippen LogP contribution in [-0.2, 0) is 6.54 Å². The number of ether oxygens (including phenoxy) is 1. The van der Waals surface area contributed by atoms with Gasteiger partial charge in [-0.3, -0.25) is 0 Å². The van der Waals surface area contributed by atoms with Gasteiger partial charge in [0.25, 0.3) is 0 Å². The van der Waals surface area contributed by atoms with Gasteiger partial charge in [-0.1, -0.05) is 22.4 Å². The maximum Gasteiger partial charge on any atom is 0.120 e. The summed E-state index contributed by atoms with van der Waals surface area (Å²) in [6.07, 6.45) is 3.85. The number of halogens is 1. The average molecular weight is 313 g/mol. The van der Waals surface area contributed by atoms with Gasteiger partial charge in [0.2, 0.25) is 0 Å². The Morgan fingerprint density at radius 3 is 2.94 bits per heavy atom. The molecule has 0 aromatic heterocycles. The third-order valence-corrected chi connectivity index (χ3v) is 3.99. The van der Waals surface area contributed by atoms with E-state index in [1.165, 1.54) is 25.8 Å². The number of nitrogens with two attached hydrogens (primary N) is 1. The van der Waals surface area contributed by atoms with Crippen LogP contribution in [0.5, 0.6) is 5.75 Å². The fourth-order valence-electron chi connectivity index (χ4n) is 2.37. The first-order valence-electron chi connectivity index (χ1n) is 6.51. The molecule has 2 N–H and O–H groups in total. The second kappa shape index (κ2) is 6.55. The Morgan fingerprint density at radius 2 is 2.22 bits per heavy atom. The van der Waals surface area contributed by atoms with Gasteiger partial charge in [0.05, 0.1) is 0 Å². The fraction of sp³-hybridized carbons (Fsp3) is 0.571. The van der Waals surface area contributed by atoms with E-state index in [2.05, 4.69) is 27.9 Å². The largest absolute Gasteiger partial charge is 0.492 e. The van der Waals surface area contributed by atoms with Gasteiger partial charge in [-0.05, 0) is 50.2 Å². The second-order valence-corrected chi connectivity index (χ2v) is 5.86. The van der Waals surface area contributed by atoms with Gasteiger partial charge in [0.15, 0.2) is 0 Å². The molecule has 0 amide bonds. The van der Waals surface area contributed by atoms with E-state index in [4.69, 9.17) is 10.5 Å². The number of likely N-dealkylation sites (N-methyl/N-ethyl adjacent to an activating group) is 1. The van der Waals surface area contributed by atoms with Crippen LogP contribution in [0.1, 0.15) is 24.8 Å². The van der Waals surface area contributed by atoms with Crippen LogP contribution < -0.4 is 10.5 Å². The Balaban J connectivity index is 1.94. The molecule has 18 heavy (non-hydrogen) atoms. The first-order valence-corrected chi connectivity index (χ1v) is 7.31. The summed E-state index contributed by atoms with van der Waals surface area (Å²) in [6.45, 7) is 2.48. The normalized spacial score (nSPS) is 20.9. The van der Waals surface area contributed by atoms with Crippen LogP contribution in [0.3, 0.4) is 0 Å². The van der Waals surface area contributed by atoms with Crippen LogP contribution in [-0.4, -0.2) is 31.1 Å². The van der Waals surface area contributed by atoms with Gasteiger partial charge in [-0.25, -0.2) is 0 Å². The first-order chi connectivity index (χ1) is 8.69. The van der Waals surface area contributed by atoms with E-state index < -0.39 is 0 Å². The molecule has 100 valence electrons. The van der Waals surface area contributed by atoms with E-state index >= 15 is 0 Å². The van der Waals surface area contributed by atoms with Crippen LogP contribution >= 0.6 is 15.9 Å². The van der Waals surface area contributed by atoms with Crippen molar-refractivity contribution in [3.8, 4) is 5.75 Å². The van der Waals surface area contributed by atoms with Crippen LogP contribution in [0, 0.1) is 0 Å². The number of benzene rings is 1. The minimum absolute atomic E-state index is 0.541. The highest BCUT2D eigenvalue weighted by Crippen LogP contribution is 2.23. The molecule has 0 aliphatic carbocycles. The standard InChI is InChI=1S/C14H21BrN2O/c1-17-5-3-2-4-13(17)10-18-14-7-11(9-16)6-12(15)8-14/h6-8,13H,2-5,9-10,16H2,1H3. The Morgan fingerprint density at radius 1 is 1.39 bits per heavy atom. The zero-order valence-corrected chi connectivity index (χ0v) is 12.4. The third kappa shape index (κ3) is 3.70. The molecule has 1 aliphatic rings. The zero-order chi connectivity index (χ0) is 13.0. The molecule has 1 aromatic carbocycles. The number of rotatable bonds is 4. The molecule has 3 nitrogen and oxygen atoms in total. The molecule has 0 spiro atoms. The Hall–Kier alpha value is -0.580. The molecular formula is C14H21BrN2O. The van der Waals surface area contributed by atoms with Gasteiger partial charge < -0.3 is 15.4 Å². The first kappa shape index (κ1) is 13.8. The zero-order valence-electron chi connectivity index (χ0n) is 10.9. The molecule has 1 unspecified atom stereocenters. The van der Waals surface area contributed by atoms with Crippen molar-refractivity contribution in [1.29, 1.82) is 0 Å². The SMILES string of the molecule is CN1CCCCC1COc1cc(Br)cc(CN)c1. The third-order valence-electron chi connectivity index (χ3n) is 3.53. The quantitative estimate of drug-likeness (QED) is 0.929. The molecule has 1 atom stereocenters.